The molecule has 21 heavy (non-hydrogen) atoms. The number of rotatable bonds is 2. The number of nitrogens with two attached hydrogens (primary N) is 1. The van der Waals surface area contributed by atoms with Crippen molar-refractivity contribution in [2.45, 2.75) is 45.4 Å². The zero-order chi connectivity index (χ0) is 15.4. The number of aromatic nitrogens is 2. The van der Waals surface area contributed by atoms with Gasteiger partial charge in [0.15, 0.2) is 11.6 Å². The van der Waals surface area contributed by atoms with Gasteiger partial charge in [0.1, 0.15) is 11.6 Å². The second-order valence-corrected chi connectivity index (χ2v) is 7.66. The largest absolute Gasteiger partial charge is 0.457 e. The number of nitrogen functional groups attached to an aromatic ring is 1. The summed E-state index contributed by atoms with van der Waals surface area (Å²) in [5.41, 5.74) is 6.79. The van der Waals surface area contributed by atoms with Gasteiger partial charge in [-0.25, -0.2) is 9.97 Å². The molecule has 2 atom stereocenters. The van der Waals surface area contributed by atoms with Gasteiger partial charge in [-0.05, 0) is 40.4 Å². The van der Waals surface area contributed by atoms with Crippen molar-refractivity contribution >= 4 is 21.7 Å². The Morgan fingerprint density at radius 1 is 1.29 bits per heavy atom. The van der Waals surface area contributed by atoms with E-state index in [1.807, 2.05) is 12.1 Å². The van der Waals surface area contributed by atoms with Crippen LogP contribution in [0.2, 0.25) is 0 Å². The Hall–Kier alpha value is -1.36. The second-order valence-electron chi connectivity index (χ2n) is 6.87. The Bertz CT molecular complexity index is 687. The number of nitrogens with zero attached hydrogens (tertiary/aromatic N) is 2. The van der Waals surface area contributed by atoms with Crippen molar-refractivity contribution in [3.05, 3.63) is 28.1 Å². The zero-order valence-corrected chi connectivity index (χ0v) is 14.4. The molecule has 0 saturated heterocycles. The van der Waals surface area contributed by atoms with E-state index in [2.05, 4.69) is 53.6 Å². The van der Waals surface area contributed by atoms with Gasteiger partial charge in [0.25, 0.3) is 0 Å². The number of halogens is 1. The molecule has 0 aromatic carbocycles. The molecule has 0 amide bonds. The van der Waals surface area contributed by atoms with Crippen LogP contribution >= 0.6 is 15.9 Å². The van der Waals surface area contributed by atoms with Gasteiger partial charge in [0.2, 0.25) is 0 Å². The van der Waals surface area contributed by atoms with Crippen LogP contribution in [0.3, 0.4) is 0 Å². The molecule has 1 fully saturated rings. The van der Waals surface area contributed by atoms with Crippen molar-refractivity contribution in [2.24, 2.45) is 5.92 Å². The fourth-order valence-electron chi connectivity index (χ4n) is 2.46. The van der Waals surface area contributed by atoms with Crippen molar-refractivity contribution in [3.8, 4) is 11.6 Å². The van der Waals surface area contributed by atoms with Gasteiger partial charge in [-0.2, -0.15) is 0 Å². The van der Waals surface area contributed by atoms with Gasteiger partial charge in [0.05, 0.1) is 10.2 Å². The van der Waals surface area contributed by atoms with Crippen molar-refractivity contribution in [1.29, 1.82) is 0 Å². The van der Waals surface area contributed by atoms with Crippen molar-refractivity contribution in [3.63, 3.8) is 0 Å². The first-order chi connectivity index (χ1) is 9.77. The minimum Gasteiger partial charge on any atom is -0.457 e. The predicted octanol–water partition coefficient (Wildman–Crippen LogP) is 4.50. The Morgan fingerprint density at radius 2 is 1.95 bits per heavy atom. The molecule has 0 bridgehead atoms. The number of hydrogen-bond acceptors (Lipinski definition) is 4. The van der Waals surface area contributed by atoms with Crippen LogP contribution in [0.4, 0.5) is 5.82 Å². The zero-order valence-electron chi connectivity index (χ0n) is 12.8. The lowest BCUT2D eigenvalue weighted by molar-refractivity contribution is 0.512. The molecule has 2 N–H and O–H groups in total. The third-order valence-corrected chi connectivity index (χ3v) is 4.69. The highest BCUT2D eigenvalue weighted by molar-refractivity contribution is 9.10. The lowest BCUT2D eigenvalue weighted by Gasteiger charge is -2.20. The van der Waals surface area contributed by atoms with Gasteiger partial charge in [-0.3, -0.25) is 0 Å². The van der Waals surface area contributed by atoms with E-state index >= 15 is 0 Å². The molecule has 4 nitrogen and oxygen atoms in total. The van der Waals surface area contributed by atoms with E-state index in [9.17, 15) is 0 Å². The summed E-state index contributed by atoms with van der Waals surface area (Å²) >= 11 is 3.49. The second kappa shape index (κ2) is 4.83. The SMILES string of the molecule is CC1CC1c1ccc(-c2nc(N)c(Br)c(C(C)(C)C)n2)o1. The average molecular weight is 350 g/mol. The topological polar surface area (TPSA) is 64.9 Å². The number of furan rings is 1. The first kappa shape index (κ1) is 14.6. The van der Waals surface area contributed by atoms with E-state index in [0.717, 1.165) is 15.9 Å². The molecule has 3 rings (SSSR count). The van der Waals surface area contributed by atoms with Gasteiger partial charge in [-0.15, -0.1) is 0 Å². The van der Waals surface area contributed by atoms with Crippen LogP contribution in [-0.2, 0) is 5.41 Å². The third-order valence-electron chi connectivity index (χ3n) is 3.91. The molecule has 2 aromatic heterocycles. The summed E-state index contributed by atoms with van der Waals surface area (Å²) < 4.78 is 6.70. The van der Waals surface area contributed by atoms with E-state index in [-0.39, 0.29) is 5.41 Å². The summed E-state index contributed by atoms with van der Waals surface area (Å²) in [4.78, 5) is 9.01. The smallest absolute Gasteiger partial charge is 0.197 e. The van der Waals surface area contributed by atoms with Gasteiger partial charge in [0, 0.05) is 11.3 Å². The monoisotopic (exact) mass is 349 g/mol. The van der Waals surface area contributed by atoms with Gasteiger partial charge in [-0.1, -0.05) is 27.7 Å². The molecule has 1 aliphatic carbocycles. The standard InChI is InChI=1S/C16H20BrN3O/c1-8-7-9(8)10-5-6-11(21-10)15-19-13(16(2,3)4)12(17)14(18)20-15/h5-6,8-9H,7H2,1-4H3,(H2,18,19,20). The third kappa shape index (κ3) is 2.71. The summed E-state index contributed by atoms with van der Waals surface area (Å²) in [5.74, 6) is 3.98. The Morgan fingerprint density at radius 3 is 2.52 bits per heavy atom. The van der Waals surface area contributed by atoms with Crippen molar-refractivity contribution < 1.29 is 4.42 Å². The first-order valence-corrected chi connectivity index (χ1v) is 8.00. The molecule has 2 unspecified atom stereocenters. The van der Waals surface area contributed by atoms with Crippen LogP contribution in [0.25, 0.3) is 11.6 Å². The van der Waals surface area contributed by atoms with E-state index < -0.39 is 0 Å². The number of anilines is 1. The first-order valence-electron chi connectivity index (χ1n) is 7.21. The molecule has 0 spiro atoms. The maximum absolute atomic E-state index is 6.02. The molecule has 2 heterocycles. The Balaban J connectivity index is 2.02. The summed E-state index contributed by atoms with van der Waals surface area (Å²) in [6.45, 7) is 8.53. The molecular weight excluding hydrogens is 330 g/mol. The van der Waals surface area contributed by atoms with E-state index in [1.165, 1.54) is 6.42 Å². The van der Waals surface area contributed by atoms with E-state index in [4.69, 9.17) is 10.2 Å². The van der Waals surface area contributed by atoms with Gasteiger partial charge >= 0.3 is 0 Å². The van der Waals surface area contributed by atoms with Crippen LogP contribution < -0.4 is 5.73 Å². The maximum atomic E-state index is 6.02. The summed E-state index contributed by atoms with van der Waals surface area (Å²) in [7, 11) is 0. The van der Waals surface area contributed by atoms with Crippen LogP contribution in [0.1, 0.15) is 51.5 Å². The van der Waals surface area contributed by atoms with E-state index in [0.29, 0.717) is 29.2 Å². The highest BCUT2D eigenvalue weighted by Crippen LogP contribution is 2.48. The minimum atomic E-state index is -0.120. The quantitative estimate of drug-likeness (QED) is 0.866. The normalized spacial score (nSPS) is 21.6. The summed E-state index contributed by atoms with van der Waals surface area (Å²) in [6, 6.07) is 3.97. The average Bonchev–Trinajstić information content (AvgIpc) is 2.92. The lowest BCUT2D eigenvalue weighted by atomic mass is 9.92. The molecule has 1 aliphatic rings. The fourth-order valence-corrected chi connectivity index (χ4v) is 3.23. The van der Waals surface area contributed by atoms with Crippen molar-refractivity contribution in [2.75, 3.05) is 5.73 Å². The molecule has 5 heteroatoms. The Labute approximate surface area is 133 Å². The molecule has 0 aliphatic heterocycles. The van der Waals surface area contributed by atoms with Gasteiger partial charge < -0.3 is 10.2 Å². The highest BCUT2D eigenvalue weighted by atomic mass is 79.9. The van der Waals surface area contributed by atoms with Crippen LogP contribution in [0.5, 0.6) is 0 Å². The molecule has 1 saturated carbocycles. The molecular formula is C16H20BrN3O. The summed E-state index contributed by atoms with van der Waals surface area (Å²) in [5, 5.41) is 0. The van der Waals surface area contributed by atoms with Crippen LogP contribution in [-0.4, -0.2) is 9.97 Å². The lowest BCUT2D eigenvalue weighted by Crippen LogP contribution is -2.17. The predicted molar refractivity (Wildman–Crippen MR) is 87.1 cm³/mol. The minimum absolute atomic E-state index is 0.120. The Kier molecular flexibility index (Phi) is 3.35. The molecule has 2 aromatic rings. The fraction of sp³-hybridized carbons (Fsp3) is 0.500. The molecule has 0 radical (unpaired) electrons. The van der Waals surface area contributed by atoms with Crippen molar-refractivity contribution in [1.82, 2.24) is 9.97 Å². The van der Waals surface area contributed by atoms with Crippen LogP contribution in [0, 0.1) is 5.92 Å². The highest BCUT2D eigenvalue weighted by Gasteiger charge is 2.37. The molecule has 112 valence electrons. The van der Waals surface area contributed by atoms with E-state index in [1.54, 1.807) is 0 Å². The summed E-state index contributed by atoms with van der Waals surface area (Å²) in [6.07, 6.45) is 1.20. The maximum Gasteiger partial charge on any atom is 0.197 e. The van der Waals surface area contributed by atoms with Crippen LogP contribution in [0.15, 0.2) is 21.0 Å². The number of hydrogen-bond donors (Lipinski definition) is 1.